The summed E-state index contributed by atoms with van der Waals surface area (Å²) in [7, 11) is -9.79. The smallest absolute Gasteiger partial charge is 0.282 e. The van der Waals surface area contributed by atoms with Crippen LogP contribution >= 0.6 is 24.0 Å². The number of benzene rings is 2. The van der Waals surface area contributed by atoms with Gasteiger partial charge >= 0.3 is 6.18 Å². The highest BCUT2D eigenvalue weighted by Gasteiger charge is 2.36. The summed E-state index contributed by atoms with van der Waals surface area (Å²) < 4.78 is 103. The van der Waals surface area contributed by atoms with Crippen molar-refractivity contribution >= 4 is 66.2 Å². The number of alkyl halides is 3. The Bertz CT molecular complexity index is 1380. The SMILES string of the molecule is O=C1/C(=C/c2ccc(S(=O)(=O)O)cc2S(=O)(=O)O)SC(=S)N1c1cccc(C(F)(F)F)c1. The van der Waals surface area contributed by atoms with Crippen molar-refractivity contribution in [2.24, 2.45) is 0 Å². The van der Waals surface area contributed by atoms with Crippen LogP contribution in [-0.4, -0.2) is 36.2 Å². The molecule has 3 rings (SSSR count). The highest BCUT2D eigenvalue weighted by atomic mass is 32.2. The van der Waals surface area contributed by atoms with E-state index in [9.17, 15) is 39.4 Å². The van der Waals surface area contributed by atoms with Crippen molar-refractivity contribution in [3.8, 4) is 0 Å². The van der Waals surface area contributed by atoms with Crippen molar-refractivity contribution in [2.45, 2.75) is 16.0 Å². The number of rotatable bonds is 4. The molecule has 1 fully saturated rings. The van der Waals surface area contributed by atoms with Gasteiger partial charge in [0, 0.05) is 0 Å². The number of hydrogen-bond donors (Lipinski definition) is 2. The average Bonchev–Trinajstić information content (AvgIpc) is 2.93. The van der Waals surface area contributed by atoms with Crippen molar-refractivity contribution in [3.05, 3.63) is 58.5 Å². The molecule has 32 heavy (non-hydrogen) atoms. The van der Waals surface area contributed by atoms with Gasteiger partial charge in [0.05, 0.1) is 21.1 Å². The van der Waals surface area contributed by atoms with E-state index in [-0.39, 0.29) is 20.5 Å². The molecule has 1 saturated heterocycles. The summed E-state index contributed by atoms with van der Waals surface area (Å²) in [5.74, 6) is -0.862. The highest BCUT2D eigenvalue weighted by Crippen LogP contribution is 2.39. The largest absolute Gasteiger partial charge is 0.416 e. The lowest BCUT2D eigenvalue weighted by Gasteiger charge is -2.16. The number of thioether (sulfide) groups is 1. The molecule has 0 aromatic heterocycles. The van der Waals surface area contributed by atoms with Gasteiger partial charge in [-0.15, -0.1) is 0 Å². The minimum absolute atomic E-state index is 0.136. The Morgan fingerprint density at radius 3 is 2.22 bits per heavy atom. The van der Waals surface area contributed by atoms with Crippen LogP contribution in [0.25, 0.3) is 6.08 Å². The second-order valence-electron chi connectivity index (χ2n) is 6.21. The molecule has 0 spiro atoms. The molecule has 0 atom stereocenters. The van der Waals surface area contributed by atoms with Gasteiger partial charge in [0.1, 0.15) is 4.90 Å². The highest BCUT2D eigenvalue weighted by molar-refractivity contribution is 8.27. The molecule has 15 heteroatoms. The Morgan fingerprint density at radius 2 is 1.66 bits per heavy atom. The van der Waals surface area contributed by atoms with Crippen molar-refractivity contribution in [3.63, 3.8) is 0 Å². The molecule has 2 aromatic rings. The normalized spacial score (nSPS) is 16.8. The topological polar surface area (TPSA) is 129 Å². The van der Waals surface area contributed by atoms with Crippen LogP contribution in [0.1, 0.15) is 11.1 Å². The molecule has 1 aliphatic rings. The number of carbonyl (C=O) groups is 1. The van der Waals surface area contributed by atoms with E-state index in [1.807, 2.05) is 0 Å². The summed E-state index contributed by atoms with van der Waals surface area (Å²) in [6, 6.07) is 6.10. The zero-order chi connectivity index (χ0) is 24.1. The fourth-order valence-corrected chi connectivity index (χ4v) is 5.24. The van der Waals surface area contributed by atoms with Gasteiger partial charge in [0.15, 0.2) is 4.32 Å². The van der Waals surface area contributed by atoms with Crippen LogP contribution < -0.4 is 4.90 Å². The van der Waals surface area contributed by atoms with E-state index in [0.29, 0.717) is 17.8 Å². The van der Waals surface area contributed by atoms with Gasteiger partial charge in [-0.05, 0) is 42.0 Å². The maximum absolute atomic E-state index is 13.0. The third-order valence-electron chi connectivity index (χ3n) is 4.07. The summed E-state index contributed by atoms with van der Waals surface area (Å²) in [6.45, 7) is 0. The zero-order valence-electron chi connectivity index (χ0n) is 15.3. The van der Waals surface area contributed by atoms with Crippen molar-refractivity contribution < 1.29 is 43.9 Å². The monoisotopic (exact) mass is 525 g/mol. The number of hydrogen-bond acceptors (Lipinski definition) is 7. The molecule has 1 amide bonds. The van der Waals surface area contributed by atoms with E-state index in [2.05, 4.69) is 0 Å². The minimum Gasteiger partial charge on any atom is -0.282 e. The first-order chi connectivity index (χ1) is 14.6. The molecule has 8 nitrogen and oxygen atoms in total. The Morgan fingerprint density at radius 1 is 1.00 bits per heavy atom. The van der Waals surface area contributed by atoms with Crippen LogP contribution in [0.4, 0.5) is 18.9 Å². The van der Waals surface area contributed by atoms with Gasteiger partial charge in [-0.3, -0.25) is 18.8 Å². The molecular formula is C17H10F3NO7S4. The second kappa shape index (κ2) is 8.24. The fraction of sp³-hybridized carbons (Fsp3) is 0.0588. The first-order valence-electron chi connectivity index (χ1n) is 8.13. The second-order valence-corrected chi connectivity index (χ2v) is 10.7. The lowest BCUT2D eigenvalue weighted by atomic mass is 10.1. The Kier molecular flexibility index (Phi) is 6.27. The van der Waals surface area contributed by atoms with E-state index in [1.54, 1.807) is 0 Å². The first kappa shape index (κ1) is 24.3. The van der Waals surface area contributed by atoms with E-state index < -0.39 is 47.7 Å². The molecule has 170 valence electrons. The predicted molar refractivity (Wildman–Crippen MR) is 113 cm³/mol. The first-order valence-corrected chi connectivity index (χ1v) is 12.2. The fourth-order valence-electron chi connectivity index (χ4n) is 2.67. The molecule has 2 aromatic carbocycles. The lowest BCUT2D eigenvalue weighted by molar-refractivity contribution is -0.137. The maximum atomic E-state index is 13.0. The van der Waals surface area contributed by atoms with Crippen molar-refractivity contribution in [2.75, 3.05) is 4.90 Å². The lowest BCUT2D eigenvalue weighted by Crippen LogP contribution is -2.27. The molecule has 0 aliphatic carbocycles. The number of anilines is 1. The molecule has 0 bridgehead atoms. The van der Waals surface area contributed by atoms with Gasteiger partial charge in [-0.1, -0.05) is 36.1 Å². The number of thiocarbonyl (C=S) groups is 1. The predicted octanol–water partition coefficient (Wildman–Crippen LogP) is 3.60. The van der Waals surface area contributed by atoms with Gasteiger partial charge in [0.2, 0.25) is 0 Å². The van der Waals surface area contributed by atoms with Crippen LogP contribution in [0.3, 0.4) is 0 Å². The van der Waals surface area contributed by atoms with Crippen LogP contribution in [-0.2, 0) is 31.2 Å². The molecule has 0 radical (unpaired) electrons. The molecule has 0 unspecified atom stereocenters. The molecule has 1 heterocycles. The quantitative estimate of drug-likeness (QED) is 0.349. The summed E-state index contributed by atoms with van der Waals surface area (Å²) >= 11 is 5.73. The van der Waals surface area contributed by atoms with Gasteiger partial charge in [-0.2, -0.15) is 30.0 Å². The average molecular weight is 526 g/mol. The van der Waals surface area contributed by atoms with E-state index in [4.69, 9.17) is 16.8 Å². The van der Waals surface area contributed by atoms with Crippen LogP contribution in [0.5, 0.6) is 0 Å². The zero-order valence-corrected chi connectivity index (χ0v) is 18.5. The molecule has 0 saturated carbocycles. The molecular weight excluding hydrogens is 515 g/mol. The summed E-state index contributed by atoms with van der Waals surface area (Å²) in [6.07, 6.45) is -3.69. The minimum atomic E-state index is -4.99. The summed E-state index contributed by atoms with van der Waals surface area (Å²) in [5, 5.41) is 0. The third kappa shape index (κ3) is 5.02. The van der Waals surface area contributed by atoms with Crippen molar-refractivity contribution in [1.29, 1.82) is 0 Å². The number of nitrogens with zero attached hydrogens (tertiary/aromatic N) is 1. The number of amides is 1. The van der Waals surface area contributed by atoms with Crippen LogP contribution in [0.15, 0.2) is 57.2 Å². The number of carbonyl (C=O) groups excluding carboxylic acids is 1. The molecule has 1 aliphatic heterocycles. The molecule has 2 N–H and O–H groups in total. The van der Waals surface area contributed by atoms with E-state index in [0.717, 1.165) is 41.3 Å². The standard InChI is InChI=1S/C17H10F3NO7S4/c18-17(19,20)10-2-1-3-11(7-10)21-15(22)13(30-16(21)29)6-9-4-5-12(31(23,24)25)8-14(9)32(26,27)28/h1-8H,(H,23,24,25)(H,26,27,28)/b13-6-. The summed E-state index contributed by atoms with van der Waals surface area (Å²) in [5.41, 5.74) is -1.49. The maximum Gasteiger partial charge on any atom is 0.416 e. The van der Waals surface area contributed by atoms with Gasteiger partial charge < -0.3 is 0 Å². The Labute approximate surface area is 189 Å². The van der Waals surface area contributed by atoms with Crippen molar-refractivity contribution in [1.82, 2.24) is 0 Å². The Hall–Kier alpha value is -2.30. The summed E-state index contributed by atoms with van der Waals surface area (Å²) in [4.78, 5) is 11.7. The van der Waals surface area contributed by atoms with E-state index in [1.165, 1.54) is 6.07 Å². The van der Waals surface area contributed by atoms with Crippen LogP contribution in [0, 0.1) is 0 Å². The number of halogens is 3. The Balaban J connectivity index is 2.07. The third-order valence-corrected chi connectivity index (χ3v) is 7.13. The van der Waals surface area contributed by atoms with Crippen LogP contribution in [0.2, 0.25) is 0 Å². The van der Waals surface area contributed by atoms with Gasteiger partial charge in [0.25, 0.3) is 26.1 Å². The van der Waals surface area contributed by atoms with Gasteiger partial charge in [-0.25, -0.2) is 0 Å². The van der Waals surface area contributed by atoms with E-state index >= 15 is 0 Å².